The summed E-state index contributed by atoms with van der Waals surface area (Å²) in [5.74, 6) is 1.39. The lowest BCUT2D eigenvalue weighted by atomic mass is 10.1. The Morgan fingerprint density at radius 1 is 0.958 bits per heavy atom. The van der Waals surface area contributed by atoms with Gasteiger partial charge < -0.3 is 19.5 Å². The number of carbonyl (C=O) groups excluding carboxylic acids is 1. The van der Waals surface area contributed by atoms with Crippen LogP contribution in [0, 0.1) is 0 Å². The number of rotatable bonds is 7. The number of methoxy groups -OCH3 is 3. The molecule has 0 heterocycles. The van der Waals surface area contributed by atoms with E-state index in [4.69, 9.17) is 14.2 Å². The van der Waals surface area contributed by atoms with E-state index in [1.807, 2.05) is 30.3 Å². The smallest absolute Gasteiger partial charge is 0.244 e. The summed E-state index contributed by atoms with van der Waals surface area (Å²) < 4.78 is 15.9. The van der Waals surface area contributed by atoms with Crippen LogP contribution in [0.5, 0.6) is 17.2 Å². The molecule has 0 saturated heterocycles. The van der Waals surface area contributed by atoms with Crippen molar-refractivity contribution >= 4 is 12.0 Å². The highest BCUT2D eigenvalue weighted by atomic mass is 16.5. The summed E-state index contributed by atoms with van der Waals surface area (Å²) >= 11 is 0. The zero-order chi connectivity index (χ0) is 17.4. The van der Waals surface area contributed by atoms with Gasteiger partial charge in [-0.1, -0.05) is 30.3 Å². The normalized spacial score (nSPS) is 10.5. The van der Waals surface area contributed by atoms with Crippen LogP contribution in [0.15, 0.2) is 48.5 Å². The SMILES string of the molecule is COc1ccc(C=CC(=O)NCc2ccccc2)c(OC)c1OC. The van der Waals surface area contributed by atoms with Gasteiger partial charge in [-0.25, -0.2) is 0 Å². The van der Waals surface area contributed by atoms with Crippen molar-refractivity contribution in [3.05, 3.63) is 59.7 Å². The molecule has 24 heavy (non-hydrogen) atoms. The molecule has 126 valence electrons. The molecule has 0 bridgehead atoms. The van der Waals surface area contributed by atoms with Crippen LogP contribution in [0.4, 0.5) is 0 Å². The third-order valence-corrected chi connectivity index (χ3v) is 3.46. The van der Waals surface area contributed by atoms with Crippen molar-refractivity contribution in [3.63, 3.8) is 0 Å². The molecule has 0 saturated carbocycles. The van der Waals surface area contributed by atoms with Gasteiger partial charge in [0.05, 0.1) is 21.3 Å². The fourth-order valence-corrected chi connectivity index (χ4v) is 2.27. The van der Waals surface area contributed by atoms with Gasteiger partial charge in [0, 0.05) is 18.2 Å². The fraction of sp³-hybridized carbons (Fsp3) is 0.211. The largest absolute Gasteiger partial charge is 0.493 e. The van der Waals surface area contributed by atoms with Crippen LogP contribution in [0.2, 0.25) is 0 Å². The second-order valence-electron chi connectivity index (χ2n) is 4.96. The predicted octanol–water partition coefficient (Wildman–Crippen LogP) is 3.04. The predicted molar refractivity (Wildman–Crippen MR) is 93.4 cm³/mol. The molecule has 1 amide bonds. The number of nitrogens with one attached hydrogen (secondary N) is 1. The van der Waals surface area contributed by atoms with Crippen LogP contribution < -0.4 is 19.5 Å². The average molecular weight is 327 g/mol. The summed E-state index contributed by atoms with van der Waals surface area (Å²) in [6, 6.07) is 13.3. The van der Waals surface area contributed by atoms with Crippen molar-refractivity contribution in [1.82, 2.24) is 5.32 Å². The van der Waals surface area contributed by atoms with E-state index in [0.717, 1.165) is 11.1 Å². The summed E-state index contributed by atoms with van der Waals surface area (Å²) in [6.07, 6.45) is 3.15. The summed E-state index contributed by atoms with van der Waals surface area (Å²) in [7, 11) is 4.65. The quantitative estimate of drug-likeness (QED) is 0.794. The van der Waals surface area contributed by atoms with Crippen LogP contribution >= 0.6 is 0 Å². The van der Waals surface area contributed by atoms with E-state index in [9.17, 15) is 4.79 Å². The Bertz CT molecular complexity index is 711. The molecule has 0 radical (unpaired) electrons. The lowest BCUT2D eigenvalue weighted by Crippen LogP contribution is -2.20. The first-order valence-corrected chi connectivity index (χ1v) is 7.48. The first-order chi connectivity index (χ1) is 11.7. The van der Waals surface area contributed by atoms with Gasteiger partial charge in [-0.3, -0.25) is 4.79 Å². The van der Waals surface area contributed by atoms with E-state index in [1.54, 1.807) is 39.5 Å². The van der Waals surface area contributed by atoms with Crippen molar-refractivity contribution in [2.75, 3.05) is 21.3 Å². The summed E-state index contributed by atoms with van der Waals surface area (Å²) in [4.78, 5) is 12.0. The van der Waals surface area contributed by atoms with Crippen molar-refractivity contribution in [3.8, 4) is 17.2 Å². The minimum absolute atomic E-state index is 0.185. The summed E-state index contributed by atoms with van der Waals surface area (Å²) in [6.45, 7) is 0.479. The van der Waals surface area contributed by atoms with Gasteiger partial charge in [0.2, 0.25) is 11.7 Å². The van der Waals surface area contributed by atoms with E-state index in [1.165, 1.54) is 6.08 Å². The molecule has 0 aliphatic carbocycles. The molecule has 0 aliphatic rings. The van der Waals surface area contributed by atoms with Gasteiger partial charge in [0.1, 0.15) is 0 Å². The van der Waals surface area contributed by atoms with Crippen molar-refractivity contribution in [2.24, 2.45) is 0 Å². The van der Waals surface area contributed by atoms with Crippen LogP contribution in [-0.2, 0) is 11.3 Å². The van der Waals surface area contributed by atoms with E-state index in [0.29, 0.717) is 23.8 Å². The number of hydrogen-bond acceptors (Lipinski definition) is 4. The zero-order valence-electron chi connectivity index (χ0n) is 14.0. The minimum Gasteiger partial charge on any atom is -0.493 e. The fourth-order valence-electron chi connectivity index (χ4n) is 2.27. The second kappa shape index (κ2) is 8.62. The molecule has 5 nitrogen and oxygen atoms in total. The Labute approximate surface area is 141 Å². The topological polar surface area (TPSA) is 56.8 Å². The maximum Gasteiger partial charge on any atom is 0.244 e. The van der Waals surface area contributed by atoms with E-state index < -0.39 is 0 Å². The molecule has 0 fully saturated rings. The second-order valence-corrected chi connectivity index (χ2v) is 4.96. The molecular weight excluding hydrogens is 306 g/mol. The number of ether oxygens (including phenoxy) is 3. The van der Waals surface area contributed by atoms with Crippen molar-refractivity contribution in [2.45, 2.75) is 6.54 Å². The molecule has 0 unspecified atom stereocenters. The molecule has 2 rings (SSSR count). The first kappa shape index (κ1) is 17.4. The van der Waals surface area contributed by atoms with Gasteiger partial charge >= 0.3 is 0 Å². The first-order valence-electron chi connectivity index (χ1n) is 7.48. The number of amides is 1. The van der Waals surface area contributed by atoms with Gasteiger partial charge in [0.25, 0.3) is 0 Å². The molecule has 0 atom stereocenters. The van der Waals surface area contributed by atoms with Gasteiger partial charge in [-0.05, 0) is 23.8 Å². The zero-order valence-corrected chi connectivity index (χ0v) is 14.0. The molecule has 2 aromatic rings. The Morgan fingerprint density at radius 3 is 2.29 bits per heavy atom. The maximum absolute atomic E-state index is 12.0. The van der Waals surface area contributed by atoms with E-state index in [2.05, 4.69) is 5.32 Å². The van der Waals surface area contributed by atoms with E-state index in [-0.39, 0.29) is 5.91 Å². The highest BCUT2D eigenvalue weighted by molar-refractivity contribution is 5.92. The number of carbonyl (C=O) groups is 1. The summed E-state index contributed by atoms with van der Waals surface area (Å²) in [5, 5.41) is 2.84. The molecule has 0 aliphatic heterocycles. The van der Waals surface area contributed by atoms with Crippen LogP contribution in [0.25, 0.3) is 6.08 Å². The van der Waals surface area contributed by atoms with Gasteiger partial charge in [-0.2, -0.15) is 0 Å². The minimum atomic E-state index is -0.185. The maximum atomic E-state index is 12.0. The van der Waals surface area contributed by atoms with Crippen molar-refractivity contribution < 1.29 is 19.0 Å². The Kier molecular flexibility index (Phi) is 6.25. The lowest BCUT2D eigenvalue weighted by Gasteiger charge is -2.13. The van der Waals surface area contributed by atoms with Crippen LogP contribution in [0.3, 0.4) is 0 Å². The highest BCUT2D eigenvalue weighted by Crippen LogP contribution is 2.40. The Hall–Kier alpha value is -2.95. The highest BCUT2D eigenvalue weighted by Gasteiger charge is 2.14. The molecular formula is C19H21NO4. The molecule has 0 spiro atoms. The monoisotopic (exact) mass is 327 g/mol. The van der Waals surface area contributed by atoms with Gasteiger partial charge in [0.15, 0.2) is 11.5 Å². The van der Waals surface area contributed by atoms with E-state index >= 15 is 0 Å². The molecule has 1 N–H and O–H groups in total. The Morgan fingerprint density at radius 2 is 1.67 bits per heavy atom. The molecule has 5 heteroatoms. The lowest BCUT2D eigenvalue weighted by molar-refractivity contribution is -0.116. The number of benzene rings is 2. The average Bonchev–Trinajstić information content (AvgIpc) is 2.64. The number of hydrogen-bond donors (Lipinski definition) is 1. The Balaban J connectivity index is 2.09. The van der Waals surface area contributed by atoms with Crippen LogP contribution in [0.1, 0.15) is 11.1 Å². The third-order valence-electron chi connectivity index (χ3n) is 3.46. The third kappa shape index (κ3) is 4.29. The van der Waals surface area contributed by atoms with Crippen molar-refractivity contribution in [1.29, 1.82) is 0 Å². The molecule has 0 aromatic heterocycles. The summed E-state index contributed by atoms with van der Waals surface area (Å²) in [5.41, 5.74) is 1.77. The van der Waals surface area contributed by atoms with Gasteiger partial charge in [-0.15, -0.1) is 0 Å². The van der Waals surface area contributed by atoms with Crippen LogP contribution in [-0.4, -0.2) is 27.2 Å². The standard InChI is InChI=1S/C19H21NO4/c1-22-16-11-9-15(18(23-2)19(16)24-3)10-12-17(21)20-13-14-7-5-4-6-8-14/h4-12H,13H2,1-3H3,(H,20,21). The molecule has 2 aromatic carbocycles.